The Kier molecular flexibility index (Phi) is 6.18. The summed E-state index contributed by atoms with van der Waals surface area (Å²) in [5.74, 6) is 0.108. The zero-order chi connectivity index (χ0) is 21.8. The summed E-state index contributed by atoms with van der Waals surface area (Å²) in [4.78, 5) is 16.8. The van der Waals surface area contributed by atoms with Gasteiger partial charge in [0.2, 0.25) is 0 Å². The molecule has 31 heavy (non-hydrogen) atoms. The minimum absolute atomic E-state index is 0.208. The number of amides is 1. The number of piperazine rings is 1. The van der Waals surface area contributed by atoms with E-state index in [1.165, 1.54) is 5.69 Å². The summed E-state index contributed by atoms with van der Waals surface area (Å²) in [6.07, 6.45) is 0.565. The number of carbonyl (C=O) groups is 1. The van der Waals surface area contributed by atoms with Crippen LogP contribution in [-0.4, -0.2) is 55.2 Å². The van der Waals surface area contributed by atoms with E-state index in [9.17, 15) is 9.90 Å². The van der Waals surface area contributed by atoms with Crippen LogP contribution in [0.5, 0.6) is 5.75 Å². The number of phenols is 1. The second-order valence-electron chi connectivity index (χ2n) is 8.04. The monoisotopic (exact) mass is 420 g/mol. The molecule has 1 fully saturated rings. The molecule has 2 aromatic carbocycles. The van der Waals surface area contributed by atoms with Crippen LogP contribution in [0.25, 0.3) is 0 Å². The summed E-state index contributed by atoms with van der Waals surface area (Å²) in [5.41, 5.74) is 9.31. The molecule has 1 atom stereocenters. The van der Waals surface area contributed by atoms with Crippen LogP contribution < -0.4 is 16.0 Å². The maximum absolute atomic E-state index is 12.1. The van der Waals surface area contributed by atoms with Gasteiger partial charge in [0.25, 0.3) is 5.91 Å². The van der Waals surface area contributed by atoms with Crippen molar-refractivity contribution in [1.82, 2.24) is 10.2 Å². The molecule has 4 N–H and O–H groups in total. The highest BCUT2D eigenvalue weighted by atomic mass is 16.3. The van der Waals surface area contributed by atoms with Crippen LogP contribution in [0.15, 0.2) is 70.2 Å². The maximum Gasteiger partial charge on any atom is 0.250 e. The molecule has 0 saturated carbocycles. The second-order valence-corrected chi connectivity index (χ2v) is 8.04. The Hall–Kier alpha value is -3.39. The lowest BCUT2D eigenvalue weighted by molar-refractivity contribution is -0.114. The Morgan fingerprint density at radius 3 is 2.35 bits per heavy atom. The number of nitrogens with two attached hydrogens (primary N) is 1. The van der Waals surface area contributed by atoms with Gasteiger partial charge in [0.05, 0.1) is 5.57 Å². The molecule has 0 bridgehead atoms. The number of hydrogen-bond acceptors (Lipinski definition) is 7. The fourth-order valence-electron chi connectivity index (χ4n) is 3.88. The van der Waals surface area contributed by atoms with Gasteiger partial charge in [0.1, 0.15) is 11.8 Å². The summed E-state index contributed by atoms with van der Waals surface area (Å²) in [7, 11) is 2.15. The first kappa shape index (κ1) is 20.9. The number of nitrogens with zero attached hydrogens (tertiary/aromatic N) is 4. The van der Waals surface area contributed by atoms with E-state index in [-0.39, 0.29) is 5.75 Å². The molecular formula is C23H28N6O2. The Labute approximate surface area is 182 Å². The molecule has 8 nitrogen and oxygen atoms in total. The van der Waals surface area contributed by atoms with Gasteiger partial charge in [0, 0.05) is 44.8 Å². The number of aromatic hydroxyl groups is 1. The predicted molar refractivity (Wildman–Crippen MR) is 120 cm³/mol. The molecule has 1 unspecified atom stereocenters. The molecule has 4 rings (SSSR count). The van der Waals surface area contributed by atoms with Crippen LogP contribution in [0.4, 0.5) is 5.69 Å². The van der Waals surface area contributed by atoms with E-state index in [2.05, 4.69) is 56.7 Å². The van der Waals surface area contributed by atoms with Gasteiger partial charge in [-0.15, -0.1) is 5.11 Å². The number of rotatable bonds is 7. The molecule has 0 spiro atoms. The second kappa shape index (κ2) is 9.18. The van der Waals surface area contributed by atoms with Gasteiger partial charge in [-0.1, -0.05) is 24.3 Å². The third-order valence-corrected chi connectivity index (χ3v) is 5.78. The molecule has 8 heteroatoms. The first-order chi connectivity index (χ1) is 15.0. The quantitative estimate of drug-likeness (QED) is 0.635. The standard InChI is InChI=1S/C23H28N6O2/c1-28-10-12-29(13-11-28)18-6-2-16(3-7-18)14-20-21(22(24)31)23(27-26-20)25-15-17-4-8-19(30)9-5-17/h2-9,20,25,30H,10-15H2,1H3,(H2,24,31). The average molecular weight is 421 g/mol. The summed E-state index contributed by atoms with van der Waals surface area (Å²) in [5, 5.41) is 21.0. The number of azo groups is 1. The first-order valence-electron chi connectivity index (χ1n) is 10.5. The molecular weight excluding hydrogens is 392 g/mol. The van der Waals surface area contributed by atoms with Crippen LogP contribution in [0, 0.1) is 0 Å². The summed E-state index contributed by atoms with van der Waals surface area (Å²) >= 11 is 0. The number of anilines is 1. The number of primary amides is 1. The molecule has 2 aromatic rings. The SMILES string of the molecule is CN1CCN(c2ccc(CC3N=NC(NCc4ccc(O)cc4)=C3C(N)=O)cc2)CC1. The Morgan fingerprint density at radius 2 is 1.71 bits per heavy atom. The summed E-state index contributed by atoms with van der Waals surface area (Å²) in [6, 6.07) is 14.9. The highest BCUT2D eigenvalue weighted by molar-refractivity contribution is 5.94. The van der Waals surface area contributed by atoms with Gasteiger partial charge in [-0.2, -0.15) is 5.11 Å². The topological polar surface area (TPSA) is 107 Å². The maximum atomic E-state index is 12.1. The van der Waals surface area contributed by atoms with Crippen molar-refractivity contribution in [1.29, 1.82) is 0 Å². The van der Waals surface area contributed by atoms with E-state index in [0.29, 0.717) is 24.4 Å². The summed E-state index contributed by atoms with van der Waals surface area (Å²) in [6.45, 7) is 4.64. The van der Waals surface area contributed by atoms with Crippen LogP contribution in [0.3, 0.4) is 0 Å². The zero-order valence-corrected chi connectivity index (χ0v) is 17.7. The fraction of sp³-hybridized carbons (Fsp3) is 0.348. The molecule has 1 saturated heterocycles. The molecule has 1 amide bonds. The molecule has 2 heterocycles. The predicted octanol–water partition coefficient (Wildman–Crippen LogP) is 2.01. The lowest BCUT2D eigenvalue weighted by Gasteiger charge is -2.34. The van der Waals surface area contributed by atoms with E-state index in [1.807, 2.05) is 0 Å². The van der Waals surface area contributed by atoms with Gasteiger partial charge in [-0.25, -0.2) is 0 Å². The fourth-order valence-corrected chi connectivity index (χ4v) is 3.88. The average Bonchev–Trinajstić information content (AvgIpc) is 3.17. The number of carbonyl (C=O) groups excluding carboxylic acids is 1. The van der Waals surface area contributed by atoms with Crippen LogP contribution in [0.1, 0.15) is 11.1 Å². The van der Waals surface area contributed by atoms with Crippen molar-refractivity contribution >= 4 is 11.6 Å². The first-order valence-corrected chi connectivity index (χ1v) is 10.5. The Bertz CT molecular complexity index is 976. The van der Waals surface area contributed by atoms with Crippen LogP contribution in [0.2, 0.25) is 0 Å². The number of phenolic OH excluding ortho intramolecular Hbond substituents is 1. The normalized spacial score (nSPS) is 19.1. The van der Waals surface area contributed by atoms with Crippen molar-refractivity contribution in [3.8, 4) is 5.75 Å². The van der Waals surface area contributed by atoms with Crippen LogP contribution >= 0.6 is 0 Å². The zero-order valence-electron chi connectivity index (χ0n) is 17.7. The third kappa shape index (κ3) is 5.03. The highest BCUT2D eigenvalue weighted by Crippen LogP contribution is 2.25. The van der Waals surface area contributed by atoms with Gasteiger partial charge < -0.3 is 26.0 Å². The number of hydrogen-bond donors (Lipinski definition) is 3. The summed E-state index contributed by atoms with van der Waals surface area (Å²) < 4.78 is 0. The van der Waals surface area contributed by atoms with Gasteiger partial charge in [-0.05, 0) is 42.4 Å². The van der Waals surface area contributed by atoms with Crippen molar-refractivity contribution in [2.24, 2.45) is 16.0 Å². The van der Waals surface area contributed by atoms with Gasteiger partial charge in [-0.3, -0.25) is 4.79 Å². The lowest BCUT2D eigenvalue weighted by Crippen LogP contribution is -2.44. The number of nitrogens with one attached hydrogen (secondary N) is 1. The lowest BCUT2D eigenvalue weighted by atomic mass is 9.99. The van der Waals surface area contributed by atoms with Gasteiger partial charge in [0.15, 0.2) is 5.82 Å². The van der Waals surface area contributed by atoms with E-state index in [4.69, 9.17) is 5.73 Å². The highest BCUT2D eigenvalue weighted by Gasteiger charge is 2.28. The smallest absolute Gasteiger partial charge is 0.250 e. The molecule has 0 aliphatic carbocycles. The number of likely N-dealkylation sites (N-methyl/N-ethyl adjacent to an activating group) is 1. The van der Waals surface area contributed by atoms with Crippen molar-refractivity contribution < 1.29 is 9.90 Å². The minimum atomic E-state index is -0.516. The largest absolute Gasteiger partial charge is 0.508 e. The Morgan fingerprint density at radius 1 is 1.06 bits per heavy atom. The van der Waals surface area contributed by atoms with E-state index in [0.717, 1.165) is 37.3 Å². The molecule has 2 aliphatic heterocycles. The van der Waals surface area contributed by atoms with E-state index >= 15 is 0 Å². The molecule has 162 valence electrons. The van der Waals surface area contributed by atoms with Crippen LogP contribution in [-0.2, 0) is 17.8 Å². The van der Waals surface area contributed by atoms with E-state index in [1.54, 1.807) is 24.3 Å². The Balaban J connectivity index is 1.41. The molecule has 2 aliphatic rings. The van der Waals surface area contributed by atoms with Crippen molar-refractivity contribution in [3.05, 3.63) is 71.1 Å². The molecule has 0 radical (unpaired) electrons. The van der Waals surface area contributed by atoms with Crippen molar-refractivity contribution in [2.75, 3.05) is 38.1 Å². The van der Waals surface area contributed by atoms with E-state index < -0.39 is 11.9 Å². The molecule has 0 aromatic heterocycles. The van der Waals surface area contributed by atoms with Gasteiger partial charge >= 0.3 is 0 Å². The van der Waals surface area contributed by atoms with Crippen molar-refractivity contribution in [2.45, 2.75) is 19.0 Å². The number of benzene rings is 2. The van der Waals surface area contributed by atoms with Crippen molar-refractivity contribution in [3.63, 3.8) is 0 Å². The minimum Gasteiger partial charge on any atom is -0.508 e. The third-order valence-electron chi connectivity index (χ3n) is 5.78.